The lowest BCUT2D eigenvalue weighted by Gasteiger charge is -2.25. The number of hydrogen-bond donors (Lipinski definition) is 3. The molecule has 1 aromatic carbocycles. The molecule has 2 aromatic rings. The summed E-state index contributed by atoms with van der Waals surface area (Å²) in [4.78, 5) is 38.2. The van der Waals surface area contributed by atoms with Crippen molar-refractivity contribution >= 4 is 29.6 Å². The van der Waals surface area contributed by atoms with Gasteiger partial charge in [0.25, 0.3) is 5.56 Å². The average molecular weight is 608 g/mol. The van der Waals surface area contributed by atoms with Crippen molar-refractivity contribution in [3.05, 3.63) is 61.8 Å². The molecular formula is C22H28BrFN3O9P. The van der Waals surface area contributed by atoms with E-state index < -0.39 is 67.8 Å². The summed E-state index contributed by atoms with van der Waals surface area (Å²) in [6.45, 7) is 5.05. The first-order chi connectivity index (χ1) is 17.2. The number of aliphatic hydroxyl groups is 1. The maximum Gasteiger partial charge on any atom is 0.459 e. The van der Waals surface area contributed by atoms with E-state index in [-0.39, 0.29) is 10.2 Å². The van der Waals surface area contributed by atoms with Gasteiger partial charge in [0.15, 0.2) is 11.9 Å². The maximum atomic E-state index is 15.5. The minimum absolute atomic E-state index is 0.0621. The van der Waals surface area contributed by atoms with E-state index in [1.165, 1.54) is 19.1 Å². The van der Waals surface area contributed by atoms with Crippen molar-refractivity contribution in [1.82, 2.24) is 14.6 Å². The number of para-hydroxylation sites is 1. The zero-order chi connectivity index (χ0) is 27.5. The fourth-order valence-corrected chi connectivity index (χ4v) is 5.31. The Morgan fingerprint density at radius 3 is 2.59 bits per heavy atom. The van der Waals surface area contributed by atoms with Gasteiger partial charge in [0, 0.05) is 6.20 Å². The minimum atomic E-state index is -4.32. The van der Waals surface area contributed by atoms with E-state index in [1.807, 2.05) is 4.98 Å². The third-order valence-corrected chi connectivity index (χ3v) is 7.54. The topological polar surface area (TPSA) is 158 Å². The second-order valence-corrected chi connectivity index (χ2v) is 11.3. The number of halogens is 2. The molecule has 1 aliphatic heterocycles. The fraction of sp³-hybridized carbons (Fsp3) is 0.500. The van der Waals surface area contributed by atoms with Gasteiger partial charge in [0.2, 0.25) is 0 Å². The van der Waals surface area contributed by atoms with Gasteiger partial charge in [0.05, 0.1) is 17.2 Å². The molecule has 6 atom stereocenters. The predicted octanol–water partition coefficient (Wildman–Crippen LogP) is 2.42. The number of aromatic nitrogens is 2. The summed E-state index contributed by atoms with van der Waals surface area (Å²) in [5.74, 6) is -0.569. The van der Waals surface area contributed by atoms with Crippen molar-refractivity contribution in [2.24, 2.45) is 0 Å². The lowest BCUT2D eigenvalue weighted by molar-refractivity contribution is -0.149. The summed E-state index contributed by atoms with van der Waals surface area (Å²) in [7, 11) is -4.32. The van der Waals surface area contributed by atoms with Crippen LogP contribution >= 0.6 is 23.7 Å². The molecule has 1 fully saturated rings. The van der Waals surface area contributed by atoms with E-state index in [0.29, 0.717) is 0 Å². The third kappa shape index (κ3) is 6.95. The lowest BCUT2D eigenvalue weighted by Crippen LogP contribution is -2.44. The van der Waals surface area contributed by atoms with E-state index in [0.717, 1.165) is 17.7 Å². The first-order valence-corrected chi connectivity index (χ1v) is 13.6. The molecule has 0 amide bonds. The van der Waals surface area contributed by atoms with Crippen LogP contribution in [0.4, 0.5) is 4.39 Å². The molecule has 1 saturated heterocycles. The van der Waals surface area contributed by atoms with Crippen molar-refractivity contribution in [3.63, 3.8) is 0 Å². The van der Waals surface area contributed by atoms with Crippen LogP contribution in [0, 0.1) is 0 Å². The number of nitrogens with zero attached hydrogens (tertiary/aromatic N) is 1. The van der Waals surface area contributed by atoms with Gasteiger partial charge in [-0.15, -0.1) is 0 Å². The number of rotatable bonds is 10. The molecule has 1 aromatic heterocycles. The summed E-state index contributed by atoms with van der Waals surface area (Å²) < 4.78 is 51.5. The largest absolute Gasteiger partial charge is 0.462 e. The Morgan fingerprint density at radius 1 is 1.32 bits per heavy atom. The summed E-state index contributed by atoms with van der Waals surface area (Å²) in [6.07, 6.45) is -4.29. The first-order valence-electron chi connectivity index (χ1n) is 11.2. The van der Waals surface area contributed by atoms with Gasteiger partial charge >= 0.3 is 19.4 Å². The highest BCUT2D eigenvalue weighted by Gasteiger charge is 2.56. The van der Waals surface area contributed by atoms with Crippen molar-refractivity contribution in [1.29, 1.82) is 0 Å². The molecule has 0 radical (unpaired) electrons. The molecule has 204 valence electrons. The highest BCUT2D eigenvalue weighted by molar-refractivity contribution is 9.10. The summed E-state index contributed by atoms with van der Waals surface area (Å²) in [5, 5.41) is 13.1. The second-order valence-electron chi connectivity index (χ2n) is 8.80. The van der Waals surface area contributed by atoms with Crippen LogP contribution in [0.3, 0.4) is 0 Å². The zero-order valence-corrected chi connectivity index (χ0v) is 22.9. The Kier molecular flexibility index (Phi) is 9.14. The molecule has 0 bridgehead atoms. The van der Waals surface area contributed by atoms with E-state index >= 15 is 4.39 Å². The quantitative estimate of drug-likeness (QED) is 0.270. The van der Waals surface area contributed by atoms with Crippen molar-refractivity contribution in [2.45, 2.75) is 63.9 Å². The van der Waals surface area contributed by atoms with Crippen molar-refractivity contribution in [2.75, 3.05) is 6.61 Å². The van der Waals surface area contributed by atoms with Crippen LogP contribution in [0.15, 0.2) is 50.6 Å². The SMILES string of the molecule is CC(C)OC(=O)[C@@H](C)N[P@](=O)(OC[C@H]1OC(n2cc(Br)c(=O)[nH]c2=O)[C@](C)(F)[C@@H]1O)Oc1ccccc1. The van der Waals surface area contributed by atoms with E-state index in [2.05, 4.69) is 21.0 Å². The molecule has 37 heavy (non-hydrogen) atoms. The molecule has 15 heteroatoms. The molecular weight excluding hydrogens is 580 g/mol. The van der Waals surface area contributed by atoms with E-state index in [1.54, 1.807) is 32.0 Å². The molecule has 0 aliphatic carbocycles. The fourth-order valence-electron chi connectivity index (χ4n) is 3.49. The molecule has 1 aliphatic rings. The molecule has 1 unspecified atom stereocenters. The number of esters is 1. The van der Waals surface area contributed by atoms with Gasteiger partial charge in [0.1, 0.15) is 24.0 Å². The lowest BCUT2D eigenvalue weighted by atomic mass is 9.98. The molecule has 12 nitrogen and oxygen atoms in total. The minimum Gasteiger partial charge on any atom is -0.462 e. The van der Waals surface area contributed by atoms with Crippen LogP contribution in [-0.4, -0.2) is 57.3 Å². The number of H-pyrrole nitrogens is 1. The van der Waals surface area contributed by atoms with Crippen LogP contribution in [0.5, 0.6) is 5.75 Å². The van der Waals surface area contributed by atoms with Crippen LogP contribution < -0.4 is 20.9 Å². The third-order valence-electron chi connectivity index (χ3n) is 5.33. The average Bonchev–Trinajstić information content (AvgIpc) is 3.03. The Balaban J connectivity index is 1.82. The van der Waals surface area contributed by atoms with Gasteiger partial charge in [-0.25, -0.2) is 13.8 Å². The Bertz CT molecular complexity index is 1270. The molecule has 0 saturated carbocycles. The normalized spacial score (nSPS) is 26.0. The summed E-state index contributed by atoms with van der Waals surface area (Å²) >= 11 is 2.96. The Labute approximate surface area is 219 Å². The van der Waals surface area contributed by atoms with Gasteiger partial charge in [-0.05, 0) is 55.8 Å². The Morgan fingerprint density at radius 2 is 1.97 bits per heavy atom. The van der Waals surface area contributed by atoms with Crippen LogP contribution in [0.1, 0.15) is 33.9 Å². The van der Waals surface area contributed by atoms with Gasteiger partial charge in [-0.2, -0.15) is 5.09 Å². The van der Waals surface area contributed by atoms with Crippen molar-refractivity contribution < 1.29 is 37.4 Å². The van der Waals surface area contributed by atoms with Gasteiger partial charge < -0.3 is 19.1 Å². The van der Waals surface area contributed by atoms with Gasteiger partial charge in [-0.1, -0.05) is 18.2 Å². The maximum absolute atomic E-state index is 15.5. The molecule has 2 heterocycles. The van der Waals surface area contributed by atoms with Crippen LogP contribution in [-0.2, 0) is 23.4 Å². The number of carbonyl (C=O) groups is 1. The number of carbonyl (C=O) groups excluding carboxylic acids is 1. The number of nitrogens with one attached hydrogen (secondary N) is 2. The zero-order valence-electron chi connectivity index (χ0n) is 20.4. The molecule has 3 N–H and O–H groups in total. The smallest absolute Gasteiger partial charge is 0.459 e. The number of aliphatic hydroxyl groups excluding tert-OH is 1. The highest BCUT2D eigenvalue weighted by atomic mass is 79.9. The highest BCUT2D eigenvalue weighted by Crippen LogP contribution is 2.47. The Hall–Kier alpha value is -2.35. The standard InChI is InChI=1S/C22H28BrFN3O9P/c1-12(2)34-19(30)13(3)26-37(32,36-14-8-6-5-7-9-14)33-11-16-17(28)22(4,24)20(35-16)27-10-15(23)18(29)25-21(27)31/h5-10,12-13,16-17,20,28H,11H2,1-4H3,(H,26,32)(H,25,29,31)/t13-,16-,17-,20?,22-,37+/m1/s1. The summed E-state index contributed by atoms with van der Waals surface area (Å²) in [5.41, 5.74) is -4.20. The molecule has 0 spiro atoms. The number of benzene rings is 1. The number of hydrogen-bond acceptors (Lipinski definition) is 9. The van der Waals surface area contributed by atoms with Crippen LogP contribution in [0.25, 0.3) is 0 Å². The second kappa shape index (κ2) is 11.6. The summed E-state index contributed by atoms with van der Waals surface area (Å²) in [6, 6.07) is 6.84. The van der Waals surface area contributed by atoms with Crippen molar-refractivity contribution in [3.8, 4) is 5.75 Å². The predicted molar refractivity (Wildman–Crippen MR) is 133 cm³/mol. The molecule has 3 rings (SSSR count). The van der Waals surface area contributed by atoms with Crippen LogP contribution in [0.2, 0.25) is 0 Å². The first kappa shape index (κ1) is 29.2. The number of alkyl halides is 1. The van der Waals surface area contributed by atoms with Gasteiger partial charge in [-0.3, -0.25) is 23.7 Å². The number of ether oxygens (including phenoxy) is 2. The number of aromatic amines is 1. The van der Waals surface area contributed by atoms with E-state index in [9.17, 15) is 24.1 Å². The van der Waals surface area contributed by atoms with E-state index in [4.69, 9.17) is 18.5 Å². The monoisotopic (exact) mass is 607 g/mol.